The molecule has 4 fully saturated rings. The lowest BCUT2D eigenvalue weighted by molar-refractivity contribution is -0.129. The Kier molecular flexibility index (Phi) is 9.38. The molecule has 4 aliphatic carbocycles. The number of aliphatic hydroxyl groups is 1. The highest BCUT2D eigenvalue weighted by molar-refractivity contribution is 5.57. The van der Waals surface area contributed by atoms with Crippen LogP contribution in [-0.4, -0.2) is 43.4 Å². The van der Waals surface area contributed by atoms with Gasteiger partial charge in [-0.1, -0.05) is 27.2 Å². The molecule has 0 aliphatic heterocycles. The number of aliphatic hydroxyl groups excluding tert-OH is 1. The number of fused-ring (bicyclic) bond motifs is 5. The van der Waals surface area contributed by atoms with E-state index in [2.05, 4.69) is 26.1 Å². The maximum Gasteiger partial charge on any atom is 0.136 e. The zero-order chi connectivity index (χ0) is 25.1. The van der Waals surface area contributed by atoms with Gasteiger partial charge in [0, 0.05) is 6.61 Å². The number of carbonyl (C=O) groups is 1. The molecule has 9 unspecified atom stereocenters. The summed E-state index contributed by atoms with van der Waals surface area (Å²) < 4.78 is 5.92. The van der Waals surface area contributed by atoms with Crippen molar-refractivity contribution in [1.29, 1.82) is 0 Å². The Labute approximate surface area is 214 Å². The van der Waals surface area contributed by atoms with Crippen molar-refractivity contribution >= 4 is 6.29 Å². The molecule has 0 spiro atoms. The summed E-state index contributed by atoms with van der Waals surface area (Å²) in [7, 11) is 0. The van der Waals surface area contributed by atoms with Crippen LogP contribution in [0.4, 0.5) is 0 Å². The van der Waals surface area contributed by atoms with Crippen LogP contribution in [0.25, 0.3) is 0 Å². The average Bonchev–Trinajstić information content (AvgIpc) is 3.20. The molecule has 4 saturated carbocycles. The van der Waals surface area contributed by atoms with E-state index in [0.717, 1.165) is 81.0 Å². The number of ether oxygens (including phenoxy) is 1. The van der Waals surface area contributed by atoms with Gasteiger partial charge in [0.25, 0.3) is 0 Å². The van der Waals surface area contributed by atoms with Crippen LogP contribution in [0.3, 0.4) is 0 Å². The third-order valence-corrected chi connectivity index (χ3v) is 11.7. The second-order valence-corrected chi connectivity index (χ2v) is 13.4. The summed E-state index contributed by atoms with van der Waals surface area (Å²) in [5.74, 6) is 4.92. The first-order valence-corrected chi connectivity index (χ1v) is 15.0. The molecule has 0 bridgehead atoms. The second-order valence-electron chi connectivity index (χ2n) is 13.4. The standard InChI is InChI=1S/C30H54N2O3/c1-21(13-17-35-20-32-23(19-33)6-4-5-16-31)26-9-10-27-25-8-7-22-18-24(34)11-14-29(22,2)28(25)12-15-30(26,27)3/h19,21-28,32,34H,4-18,20,31H2,1-3H3/t21?,22?,23?,24?,25?,26?,27?,28?,29?,30-/m0/s1. The Bertz CT molecular complexity index is 689. The van der Waals surface area contributed by atoms with Gasteiger partial charge in [-0.2, -0.15) is 0 Å². The van der Waals surface area contributed by atoms with Gasteiger partial charge in [0.1, 0.15) is 6.29 Å². The van der Waals surface area contributed by atoms with Crippen LogP contribution in [0.1, 0.15) is 104 Å². The highest BCUT2D eigenvalue weighted by Gasteiger charge is 2.60. The van der Waals surface area contributed by atoms with Gasteiger partial charge >= 0.3 is 0 Å². The molecule has 0 aromatic rings. The molecule has 0 aromatic heterocycles. The summed E-state index contributed by atoms with van der Waals surface area (Å²) in [4.78, 5) is 11.3. The van der Waals surface area contributed by atoms with Gasteiger partial charge in [-0.25, -0.2) is 0 Å². The lowest BCUT2D eigenvalue weighted by atomic mass is 9.44. The largest absolute Gasteiger partial charge is 0.393 e. The van der Waals surface area contributed by atoms with E-state index in [1.807, 2.05) is 0 Å². The Hall–Kier alpha value is -0.490. The van der Waals surface area contributed by atoms with Crippen LogP contribution >= 0.6 is 0 Å². The number of rotatable bonds is 12. The van der Waals surface area contributed by atoms with E-state index in [4.69, 9.17) is 10.5 Å². The quantitative estimate of drug-likeness (QED) is 0.197. The van der Waals surface area contributed by atoms with Gasteiger partial charge in [-0.3, -0.25) is 5.32 Å². The highest BCUT2D eigenvalue weighted by Crippen LogP contribution is 2.68. The molecule has 0 heterocycles. The molecular formula is C30H54N2O3. The summed E-state index contributed by atoms with van der Waals surface area (Å²) in [5, 5.41) is 13.5. The summed E-state index contributed by atoms with van der Waals surface area (Å²) in [6.07, 6.45) is 16.5. The molecule has 0 aromatic carbocycles. The molecular weight excluding hydrogens is 436 g/mol. The maximum absolute atomic E-state index is 11.3. The molecule has 5 heteroatoms. The molecule has 10 atom stereocenters. The minimum absolute atomic E-state index is 0.0481. The number of hydrogen-bond acceptors (Lipinski definition) is 5. The maximum atomic E-state index is 11.3. The molecule has 35 heavy (non-hydrogen) atoms. The molecule has 0 amide bonds. The fourth-order valence-corrected chi connectivity index (χ4v) is 9.65. The van der Waals surface area contributed by atoms with E-state index >= 15 is 0 Å². The fourth-order valence-electron chi connectivity index (χ4n) is 9.65. The Balaban J connectivity index is 1.26. The Morgan fingerprint density at radius 3 is 2.57 bits per heavy atom. The zero-order valence-electron chi connectivity index (χ0n) is 22.9. The van der Waals surface area contributed by atoms with Crippen LogP contribution in [0, 0.1) is 46.3 Å². The molecule has 4 rings (SSSR count). The first-order valence-electron chi connectivity index (χ1n) is 15.0. The molecule has 0 radical (unpaired) electrons. The average molecular weight is 491 g/mol. The van der Waals surface area contributed by atoms with Crippen molar-refractivity contribution in [2.24, 2.45) is 52.1 Å². The predicted octanol–water partition coefficient (Wildman–Crippen LogP) is 5.29. The summed E-state index contributed by atoms with van der Waals surface area (Å²) in [6.45, 7) is 9.61. The van der Waals surface area contributed by atoms with E-state index in [0.29, 0.717) is 30.0 Å². The van der Waals surface area contributed by atoms with Gasteiger partial charge in [0.05, 0.1) is 18.9 Å². The van der Waals surface area contributed by atoms with E-state index in [9.17, 15) is 9.90 Å². The van der Waals surface area contributed by atoms with Crippen molar-refractivity contribution in [3.8, 4) is 0 Å². The van der Waals surface area contributed by atoms with E-state index in [1.165, 1.54) is 44.9 Å². The van der Waals surface area contributed by atoms with E-state index in [-0.39, 0.29) is 12.1 Å². The van der Waals surface area contributed by atoms with Crippen molar-refractivity contribution in [2.45, 2.75) is 116 Å². The van der Waals surface area contributed by atoms with Crippen LogP contribution in [0.5, 0.6) is 0 Å². The van der Waals surface area contributed by atoms with Crippen molar-refractivity contribution in [3.63, 3.8) is 0 Å². The lowest BCUT2D eigenvalue weighted by Crippen LogP contribution is -2.54. The normalized spacial score (nSPS) is 42.5. The van der Waals surface area contributed by atoms with Crippen molar-refractivity contribution < 1.29 is 14.6 Å². The number of nitrogens with two attached hydrogens (primary N) is 1. The van der Waals surface area contributed by atoms with Crippen molar-refractivity contribution in [2.75, 3.05) is 19.9 Å². The zero-order valence-corrected chi connectivity index (χ0v) is 22.9. The first kappa shape index (κ1) is 27.5. The number of nitrogens with one attached hydrogen (secondary N) is 1. The van der Waals surface area contributed by atoms with Gasteiger partial charge in [-0.15, -0.1) is 0 Å². The number of aldehydes is 1. The smallest absolute Gasteiger partial charge is 0.136 e. The molecule has 5 nitrogen and oxygen atoms in total. The van der Waals surface area contributed by atoms with Crippen LogP contribution in [0.15, 0.2) is 0 Å². The number of unbranched alkanes of at least 4 members (excludes halogenated alkanes) is 1. The van der Waals surface area contributed by atoms with Gasteiger partial charge in [-0.05, 0) is 130 Å². The van der Waals surface area contributed by atoms with Crippen LogP contribution in [0.2, 0.25) is 0 Å². The van der Waals surface area contributed by atoms with Gasteiger partial charge < -0.3 is 20.4 Å². The fraction of sp³-hybridized carbons (Fsp3) is 0.967. The van der Waals surface area contributed by atoms with Crippen molar-refractivity contribution in [1.82, 2.24) is 5.32 Å². The molecule has 4 aliphatic rings. The van der Waals surface area contributed by atoms with Crippen molar-refractivity contribution in [3.05, 3.63) is 0 Å². The number of carbonyl (C=O) groups excluding carboxylic acids is 1. The van der Waals surface area contributed by atoms with Crippen LogP contribution in [-0.2, 0) is 9.53 Å². The summed E-state index contributed by atoms with van der Waals surface area (Å²) in [5.41, 5.74) is 6.51. The third-order valence-electron chi connectivity index (χ3n) is 11.7. The molecule has 4 N–H and O–H groups in total. The second kappa shape index (κ2) is 11.9. The minimum Gasteiger partial charge on any atom is -0.393 e. The number of hydrogen-bond donors (Lipinski definition) is 3. The predicted molar refractivity (Wildman–Crippen MR) is 142 cm³/mol. The summed E-state index contributed by atoms with van der Waals surface area (Å²) in [6, 6.07) is -0.118. The topological polar surface area (TPSA) is 84.6 Å². The van der Waals surface area contributed by atoms with Gasteiger partial charge in [0.15, 0.2) is 0 Å². The molecule has 202 valence electrons. The van der Waals surface area contributed by atoms with Gasteiger partial charge in [0.2, 0.25) is 0 Å². The molecule has 0 saturated heterocycles. The lowest BCUT2D eigenvalue weighted by Gasteiger charge is -2.61. The minimum atomic E-state index is -0.118. The van der Waals surface area contributed by atoms with E-state index < -0.39 is 0 Å². The van der Waals surface area contributed by atoms with Crippen LogP contribution < -0.4 is 11.1 Å². The monoisotopic (exact) mass is 490 g/mol. The van der Waals surface area contributed by atoms with E-state index in [1.54, 1.807) is 0 Å². The first-order chi connectivity index (χ1) is 16.8. The highest BCUT2D eigenvalue weighted by atomic mass is 16.5. The Morgan fingerprint density at radius 1 is 1.03 bits per heavy atom. The SMILES string of the molecule is CC(CCOCNC(C=O)CCCCN)C1CCC2C3CCC4CC(O)CCC4(C)C3CC[C@@]12C. The Morgan fingerprint density at radius 2 is 1.80 bits per heavy atom. The summed E-state index contributed by atoms with van der Waals surface area (Å²) >= 11 is 0. The third kappa shape index (κ3) is 5.68.